The monoisotopic (exact) mass is 708 g/mol. The van der Waals surface area contributed by atoms with Crippen molar-refractivity contribution in [3.8, 4) is 23.0 Å². The number of alkyl halides is 5. The zero-order valence-corrected chi connectivity index (χ0v) is 26.8. The quantitative estimate of drug-likeness (QED) is 0.0990. The number of carbonyl (C=O) groups is 1. The SMILES string of the molecule is CC(C)(O)C#Cc1ccc(-c2cccc3[nH]ncc23)c([C@H](Cc2cc(F)cc(F)c2)NC(=O)Cn2nc(C(F)(F)F)c3c2C(F)(F)[C@@H]2C=C[C@H]32)n1. The molecular formula is C36H27F7N6O2. The highest BCUT2D eigenvalue weighted by Gasteiger charge is 2.61. The average molecular weight is 709 g/mol. The Morgan fingerprint density at radius 2 is 1.82 bits per heavy atom. The number of halogens is 7. The fourth-order valence-corrected chi connectivity index (χ4v) is 6.59. The van der Waals surface area contributed by atoms with Crippen molar-refractivity contribution in [1.82, 2.24) is 30.3 Å². The predicted octanol–water partition coefficient (Wildman–Crippen LogP) is 6.72. The number of rotatable bonds is 7. The van der Waals surface area contributed by atoms with Gasteiger partial charge in [-0.3, -0.25) is 14.6 Å². The van der Waals surface area contributed by atoms with Gasteiger partial charge in [0.1, 0.15) is 35.2 Å². The lowest BCUT2D eigenvalue weighted by atomic mass is 9.81. The Bertz CT molecular complexity index is 2270. The van der Waals surface area contributed by atoms with Crippen LogP contribution in [-0.2, 0) is 29.9 Å². The van der Waals surface area contributed by atoms with Gasteiger partial charge in [-0.1, -0.05) is 30.2 Å². The van der Waals surface area contributed by atoms with E-state index in [0.29, 0.717) is 32.8 Å². The average Bonchev–Trinajstić information content (AvgIpc) is 3.67. The van der Waals surface area contributed by atoms with Crippen molar-refractivity contribution in [2.24, 2.45) is 5.92 Å². The maximum Gasteiger partial charge on any atom is 0.435 e. The Balaban J connectivity index is 1.34. The van der Waals surface area contributed by atoms with E-state index in [1.807, 2.05) is 0 Å². The zero-order valence-electron chi connectivity index (χ0n) is 26.8. The van der Waals surface area contributed by atoms with E-state index in [-0.39, 0.29) is 23.4 Å². The molecule has 3 heterocycles. The molecule has 3 N–H and O–H groups in total. The highest BCUT2D eigenvalue weighted by molar-refractivity contribution is 5.95. The van der Waals surface area contributed by atoms with Gasteiger partial charge >= 0.3 is 6.18 Å². The van der Waals surface area contributed by atoms with Crippen molar-refractivity contribution in [1.29, 1.82) is 0 Å². The molecule has 51 heavy (non-hydrogen) atoms. The van der Waals surface area contributed by atoms with Crippen LogP contribution in [0.15, 0.2) is 66.9 Å². The normalized spacial score (nSPS) is 18.1. The predicted molar refractivity (Wildman–Crippen MR) is 170 cm³/mol. The summed E-state index contributed by atoms with van der Waals surface area (Å²) in [7, 11) is 0. The second-order valence-electron chi connectivity index (χ2n) is 13.0. The number of aromatic amines is 1. The van der Waals surface area contributed by atoms with Crippen LogP contribution < -0.4 is 5.32 Å². The first-order valence-corrected chi connectivity index (χ1v) is 15.7. The van der Waals surface area contributed by atoms with Crippen LogP contribution in [0, 0.1) is 29.4 Å². The van der Waals surface area contributed by atoms with E-state index in [1.165, 1.54) is 19.9 Å². The van der Waals surface area contributed by atoms with Crippen molar-refractivity contribution in [2.45, 2.75) is 56.5 Å². The van der Waals surface area contributed by atoms with E-state index < -0.39 is 76.6 Å². The number of pyridine rings is 1. The molecular weight excluding hydrogens is 681 g/mol. The maximum absolute atomic E-state index is 15.4. The van der Waals surface area contributed by atoms with Gasteiger partial charge in [0.2, 0.25) is 5.91 Å². The summed E-state index contributed by atoms with van der Waals surface area (Å²) in [6.45, 7) is 1.88. The Morgan fingerprint density at radius 3 is 2.49 bits per heavy atom. The summed E-state index contributed by atoms with van der Waals surface area (Å²) in [5.41, 5.74) is -2.58. The molecule has 2 aromatic carbocycles. The number of hydrogen-bond acceptors (Lipinski definition) is 5. The summed E-state index contributed by atoms with van der Waals surface area (Å²) in [4.78, 5) is 18.4. The number of amides is 1. The highest BCUT2D eigenvalue weighted by Crippen LogP contribution is 2.60. The molecule has 15 heteroatoms. The number of fused-ring (bicyclic) bond motifs is 4. The fraction of sp³-hybridized carbons (Fsp3) is 0.278. The molecule has 0 saturated carbocycles. The number of nitrogens with one attached hydrogen (secondary N) is 2. The molecule has 5 aromatic rings. The van der Waals surface area contributed by atoms with Crippen LogP contribution in [0.4, 0.5) is 30.7 Å². The number of hydrogen-bond donors (Lipinski definition) is 3. The van der Waals surface area contributed by atoms with Crippen LogP contribution in [-0.4, -0.2) is 41.6 Å². The van der Waals surface area contributed by atoms with E-state index in [4.69, 9.17) is 0 Å². The molecule has 7 rings (SSSR count). The molecule has 3 aromatic heterocycles. The minimum atomic E-state index is -5.07. The van der Waals surface area contributed by atoms with Gasteiger partial charge in [-0.25, -0.2) is 13.8 Å². The number of carbonyl (C=O) groups excluding carboxylic acids is 1. The minimum Gasteiger partial charge on any atom is -0.378 e. The Hall–Kier alpha value is -5.49. The molecule has 0 fully saturated rings. The number of allylic oxidation sites excluding steroid dienone is 2. The molecule has 2 aliphatic rings. The van der Waals surface area contributed by atoms with Crippen LogP contribution in [0.2, 0.25) is 0 Å². The third-order valence-electron chi connectivity index (χ3n) is 8.75. The first-order valence-electron chi connectivity index (χ1n) is 15.7. The van der Waals surface area contributed by atoms with Gasteiger partial charge in [-0.15, -0.1) is 0 Å². The van der Waals surface area contributed by atoms with Gasteiger partial charge in [0.15, 0.2) is 5.69 Å². The van der Waals surface area contributed by atoms with Gasteiger partial charge in [0, 0.05) is 28.5 Å². The summed E-state index contributed by atoms with van der Waals surface area (Å²) in [5, 5.41) is 23.9. The molecule has 2 aliphatic carbocycles. The molecule has 1 amide bonds. The first kappa shape index (κ1) is 34.0. The van der Waals surface area contributed by atoms with Crippen molar-refractivity contribution in [3.05, 3.63) is 112 Å². The Morgan fingerprint density at radius 1 is 1.08 bits per heavy atom. The van der Waals surface area contributed by atoms with Gasteiger partial charge in [-0.05, 0) is 67.6 Å². The second kappa shape index (κ2) is 12.1. The molecule has 0 spiro atoms. The lowest BCUT2D eigenvalue weighted by Gasteiger charge is -2.27. The van der Waals surface area contributed by atoms with Gasteiger partial charge in [-0.2, -0.15) is 32.1 Å². The van der Waals surface area contributed by atoms with Gasteiger partial charge in [0.25, 0.3) is 5.92 Å². The highest BCUT2D eigenvalue weighted by atomic mass is 19.4. The van der Waals surface area contributed by atoms with E-state index in [0.717, 1.165) is 18.2 Å². The van der Waals surface area contributed by atoms with Gasteiger partial charge in [0.05, 0.1) is 29.4 Å². The molecule has 0 saturated heterocycles. The maximum atomic E-state index is 15.4. The van der Waals surface area contributed by atoms with Crippen LogP contribution in [0.5, 0.6) is 0 Å². The lowest BCUT2D eigenvalue weighted by Crippen LogP contribution is -2.36. The number of H-pyrrole nitrogens is 1. The van der Waals surface area contributed by atoms with E-state index in [9.17, 15) is 31.9 Å². The van der Waals surface area contributed by atoms with Crippen LogP contribution >= 0.6 is 0 Å². The first-order chi connectivity index (χ1) is 24.0. The largest absolute Gasteiger partial charge is 0.435 e. The third-order valence-corrected chi connectivity index (χ3v) is 8.75. The van der Waals surface area contributed by atoms with Gasteiger partial charge < -0.3 is 10.4 Å². The van der Waals surface area contributed by atoms with Crippen LogP contribution in [0.3, 0.4) is 0 Å². The zero-order chi connectivity index (χ0) is 36.5. The summed E-state index contributed by atoms with van der Waals surface area (Å²) < 4.78 is 102. The molecule has 0 radical (unpaired) electrons. The number of aliphatic hydroxyl groups is 1. The van der Waals surface area contributed by atoms with Crippen molar-refractivity contribution < 1.29 is 40.6 Å². The van der Waals surface area contributed by atoms with Crippen molar-refractivity contribution in [2.75, 3.05) is 0 Å². The molecule has 0 unspecified atom stereocenters. The van der Waals surface area contributed by atoms with E-state index >= 15 is 8.78 Å². The summed E-state index contributed by atoms with van der Waals surface area (Å²) in [6.07, 6.45) is -1.42. The molecule has 8 nitrogen and oxygen atoms in total. The van der Waals surface area contributed by atoms with Crippen LogP contribution in [0.1, 0.15) is 59.7 Å². The number of aromatic nitrogens is 5. The standard InChI is InChI=1S/C36H27F7N6O2/c1-34(2,51)11-10-21-6-7-23(22-4-3-5-27-25(22)16-44-47-27)31(45-21)28(14-18-12-19(37)15-20(38)13-18)46-29(50)17-49-33-30(32(48-49)36(41,42)43)24-8-9-26(24)35(33,39)40/h3-9,12-13,15-16,24,26,28,51H,14,17H2,1-2H3,(H,44,47)(H,46,50)/t24-,26+,28-/m0/s1. The lowest BCUT2D eigenvalue weighted by molar-refractivity contribution is -0.142. The Kier molecular flexibility index (Phi) is 8.05. The van der Waals surface area contributed by atoms with E-state index in [2.05, 4.69) is 37.4 Å². The summed E-state index contributed by atoms with van der Waals surface area (Å²) >= 11 is 0. The number of nitrogens with zero attached hydrogens (tertiary/aromatic N) is 4. The topological polar surface area (TPSA) is 109 Å². The third kappa shape index (κ3) is 6.35. The molecule has 0 bridgehead atoms. The molecule has 3 atom stereocenters. The minimum absolute atomic E-state index is 0.0774. The van der Waals surface area contributed by atoms with Crippen LogP contribution in [0.25, 0.3) is 22.0 Å². The number of benzene rings is 2. The smallest absolute Gasteiger partial charge is 0.378 e. The summed E-state index contributed by atoms with van der Waals surface area (Å²) in [6, 6.07) is 9.94. The van der Waals surface area contributed by atoms with E-state index in [1.54, 1.807) is 36.5 Å². The van der Waals surface area contributed by atoms with Crippen molar-refractivity contribution in [3.63, 3.8) is 0 Å². The fourth-order valence-electron chi connectivity index (χ4n) is 6.59. The van der Waals surface area contributed by atoms with Crippen molar-refractivity contribution >= 4 is 16.8 Å². The molecule has 0 aliphatic heterocycles. The molecule has 262 valence electrons. The Labute approximate surface area is 285 Å². The second-order valence-corrected chi connectivity index (χ2v) is 13.0. The summed E-state index contributed by atoms with van der Waals surface area (Å²) in [5.74, 6) is -3.86.